The van der Waals surface area contributed by atoms with Crippen molar-refractivity contribution in [3.8, 4) is 11.3 Å². The molecule has 0 saturated heterocycles. The van der Waals surface area contributed by atoms with Crippen molar-refractivity contribution in [2.24, 2.45) is 0 Å². The highest BCUT2D eigenvalue weighted by molar-refractivity contribution is 6.35. The van der Waals surface area contributed by atoms with Crippen LogP contribution in [0.4, 0.5) is 0 Å². The molecule has 2 aromatic rings. The fraction of sp³-hybridized carbons (Fsp3) is 0.375. The Labute approximate surface area is 160 Å². The summed E-state index contributed by atoms with van der Waals surface area (Å²) in [6, 6.07) is 9.25. The lowest BCUT2D eigenvalue weighted by Gasteiger charge is -2.09. The van der Waals surface area contributed by atoms with Crippen LogP contribution in [0.2, 0.25) is 10.0 Å². The summed E-state index contributed by atoms with van der Waals surface area (Å²) in [6.45, 7) is 2.76. The molecular formula is C16H22Cl4N2O. The third-order valence-electron chi connectivity index (χ3n) is 3.11. The Balaban J connectivity index is 0.00000242. The van der Waals surface area contributed by atoms with Crippen molar-refractivity contribution in [2.75, 3.05) is 27.2 Å². The van der Waals surface area contributed by atoms with Crippen LogP contribution < -0.4 is 5.32 Å². The van der Waals surface area contributed by atoms with Crippen molar-refractivity contribution in [3.63, 3.8) is 0 Å². The van der Waals surface area contributed by atoms with Crippen LogP contribution >= 0.6 is 48.0 Å². The van der Waals surface area contributed by atoms with Gasteiger partial charge in [-0.1, -0.05) is 23.2 Å². The molecule has 0 fully saturated rings. The summed E-state index contributed by atoms with van der Waals surface area (Å²) >= 11 is 12.2. The van der Waals surface area contributed by atoms with E-state index in [1.807, 2.05) is 18.2 Å². The van der Waals surface area contributed by atoms with E-state index >= 15 is 0 Å². The second kappa shape index (κ2) is 11.2. The highest BCUT2D eigenvalue weighted by Gasteiger charge is 2.09. The topological polar surface area (TPSA) is 28.4 Å². The van der Waals surface area contributed by atoms with E-state index in [4.69, 9.17) is 27.6 Å². The molecule has 0 amide bonds. The summed E-state index contributed by atoms with van der Waals surface area (Å²) in [5.74, 6) is 1.64. The molecule has 1 aromatic carbocycles. The predicted octanol–water partition coefficient (Wildman–Crippen LogP) is 5.14. The van der Waals surface area contributed by atoms with E-state index in [0.717, 1.165) is 36.6 Å². The Morgan fingerprint density at radius 3 is 2.52 bits per heavy atom. The summed E-state index contributed by atoms with van der Waals surface area (Å²) < 4.78 is 5.82. The molecule has 0 aliphatic rings. The maximum atomic E-state index is 6.18. The normalized spacial score (nSPS) is 10.3. The molecule has 0 bridgehead atoms. The van der Waals surface area contributed by atoms with E-state index in [1.54, 1.807) is 12.1 Å². The van der Waals surface area contributed by atoms with Gasteiger partial charge in [0.2, 0.25) is 0 Å². The summed E-state index contributed by atoms with van der Waals surface area (Å²) in [6.07, 6.45) is 1.11. The van der Waals surface area contributed by atoms with Gasteiger partial charge < -0.3 is 14.6 Å². The molecule has 0 aliphatic carbocycles. The fourth-order valence-electron chi connectivity index (χ4n) is 2.04. The van der Waals surface area contributed by atoms with E-state index in [9.17, 15) is 0 Å². The average Bonchev–Trinajstić information content (AvgIpc) is 2.89. The first-order chi connectivity index (χ1) is 10.1. The van der Waals surface area contributed by atoms with Crippen LogP contribution in [0.25, 0.3) is 11.3 Å². The molecule has 0 saturated carbocycles. The zero-order chi connectivity index (χ0) is 15.2. The Morgan fingerprint density at radius 1 is 1.09 bits per heavy atom. The Hall–Kier alpha value is -0.420. The van der Waals surface area contributed by atoms with Crippen molar-refractivity contribution >= 4 is 48.0 Å². The van der Waals surface area contributed by atoms with Crippen molar-refractivity contribution in [1.29, 1.82) is 0 Å². The molecule has 2 rings (SSSR count). The molecule has 1 N–H and O–H groups in total. The van der Waals surface area contributed by atoms with Crippen LogP contribution in [0.3, 0.4) is 0 Å². The highest BCUT2D eigenvalue weighted by atomic mass is 35.5. The van der Waals surface area contributed by atoms with Crippen LogP contribution in [0, 0.1) is 0 Å². The SMILES string of the molecule is CN(C)CCCNCc1ccc(-c2cc(Cl)ccc2Cl)o1.Cl.Cl. The second-order valence-electron chi connectivity index (χ2n) is 5.22. The molecule has 0 aliphatic heterocycles. The summed E-state index contributed by atoms with van der Waals surface area (Å²) in [4.78, 5) is 2.17. The summed E-state index contributed by atoms with van der Waals surface area (Å²) in [5.41, 5.74) is 0.822. The number of halogens is 4. The van der Waals surface area contributed by atoms with E-state index in [0.29, 0.717) is 16.6 Å². The van der Waals surface area contributed by atoms with Crippen LogP contribution in [-0.4, -0.2) is 32.1 Å². The number of rotatable bonds is 7. The molecule has 7 heteroatoms. The van der Waals surface area contributed by atoms with Gasteiger partial charge >= 0.3 is 0 Å². The predicted molar refractivity (Wildman–Crippen MR) is 104 cm³/mol. The highest BCUT2D eigenvalue weighted by Crippen LogP contribution is 2.31. The average molecular weight is 400 g/mol. The molecule has 130 valence electrons. The van der Waals surface area contributed by atoms with Gasteiger partial charge in [-0.05, 0) is 63.9 Å². The molecule has 0 radical (unpaired) electrons. The van der Waals surface area contributed by atoms with Crippen molar-refractivity contribution < 1.29 is 4.42 Å². The van der Waals surface area contributed by atoms with Crippen LogP contribution in [0.5, 0.6) is 0 Å². The van der Waals surface area contributed by atoms with Crippen LogP contribution in [0.1, 0.15) is 12.2 Å². The quantitative estimate of drug-likeness (QED) is 0.653. The maximum absolute atomic E-state index is 6.18. The Morgan fingerprint density at radius 2 is 1.83 bits per heavy atom. The molecule has 0 spiro atoms. The Kier molecular flexibility index (Phi) is 11.0. The van der Waals surface area contributed by atoms with Gasteiger partial charge in [0.25, 0.3) is 0 Å². The van der Waals surface area contributed by atoms with Crippen LogP contribution in [-0.2, 0) is 6.54 Å². The van der Waals surface area contributed by atoms with E-state index in [1.165, 1.54) is 0 Å². The van der Waals surface area contributed by atoms with E-state index in [2.05, 4.69) is 24.3 Å². The van der Waals surface area contributed by atoms with E-state index in [-0.39, 0.29) is 24.8 Å². The summed E-state index contributed by atoms with van der Waals surface area (Å²) in [5, 5.41) is 4.65. The first kappa shape index (κ1) is 22.6. The minimum Gasteiger partial charge on any atom is -0.460 e. The first-order valence-corrected chi connectivity index (χ1v) is 7.71. The number of benzene rings is 1. The molecule has 0 atom stereocenters. The van der Waals surface area contributed by atoms with Crippen molar-refractivity contribution in [3.05, 3.63) is 46.1 Å². The van der Waals surface area contributed by atoms with Gasteiger partial charge in [0.15, 0.2) is 0 Å². The number of nitrogens with one attached hydrogen (secondary N) is 1. The zero-order valence-electron chi connectivity index (χ0n) is 13.1. The second-order valence-corrected chi connectivity index (χ2v) is 6.07. The van der Waals surface area contributed by atoms with Gasteiger partial charge in [-0.15, -0.1) is 24.8 Å². The van der Waals surface area contributed by atoms with Gasteiger partial charge in [-0.3, -0.25) is 0 Å². The number of nitrogens with zero attached hydrogens (tertiary/aromatic N) is 1. The maximum Gasteiger partial charge on any atom is 0.135 e. The summed E-state index contributed by atoms with van der Waals surface area (Å²) in [7, 11) is 4.15. The minimum absolute atomic E-state index is 0. The van der Waals surface area contributed by atoms with Gasteiger partial charge in [0.1, 0.15) is 11.5 Å². The number of furan rings is 1. The molecule has 3 nitrogen and oxygen atoms in total. The smallest absolute Gasteiger partial charge is 0.135 e. The van der Waals surface area contributed by atoms with Crippen LogP contribution in [0.15, 0.2) is 34.7 Å². The largest absolute Gasteiger partial charge is 0.460 e. The lowest BCUT2D eigenvalue weighted by atomic mass is 10.2. The minimum atomic E-state index is 0. The number of hydrogen-bond donors (Lipinski definition) is 1. The molecule has 1 aromatic heterocycles. The van der Waals surface area contributed by atoms with Gasteiger partial charge in [-0.2, -0.15) is 0 Å². The standard InChI is InChI=1S/C16H20Cl2N2O.2ClH/c1-20(2)9-3-8-19-11-13-5-7-16(21-13)14-10-12(17)4-6-15(14)18;;/h4-7,10,19H,3,8-9,11H2,1-2H3;2*1H. The van der Waals surface area contributed by atoms with Crippen molar-refractivity contribution in [1.82, 2.24) is 10.2 Å². The third-order valence-corrected chi connectivity index (χ3v) is 3.68. The van der Waals surface area contributed by atoms with Gasteiger partial charge in [0, 0.05) is 10.6 Å². The zero-order valence-corrected chi connectivity index (χ0v) is 16.3. The Bertz CT molecular complexity index is 587. The third kappa shape index (κ3) is 7.34. The van der Waals surface area contributed by atoms with Gasteiger partial charge in [-0.25, -0.2) is 0 Å². The van der Waals surface area contributed by atoms with Crippen molar-refractivity contribution in [2.45, 2.75) is 13.0 Å². The molecular weight excluding hydrogens is 378 g/mol. The first-order valence-electron chi connectivity index (χ1n) is 6.96. The lowest BCUT2D eigenvalue weighted by molar-refractivity contribution is 0.391. The monoisotopic (exact) mass is 398 g/mol. The molecule has 0 unspecified atom stereocenters. The van der Waals surface area contributed by atoms with Gasteiger partial charge in [0.05, 0.1) is 11.6 Å². The molecule has 1 heterocycles. The van der Waals surface area contributed by atoms with E-state index < -0.39 is 0 Å². The fourth-order valence-corrected chi connectivity index (χ4v) is 2.42. The molecule has 23 heavy (non-hydrogen) atoms. The lowest BCUT2D eigenvalue weighted by Crippen LogP contribution is -2.20. The number of hydrogen-bond acceptors (Lipinski definition) is 3.